The van der Waals surface area contributed by atoms with Crippen molar-refractivity contribution in [2.75, 3.05) is 0 Å². The summed E-state index contributed by atoms with van der Waals surface area (Å²) in [5, 5.41) is 36.3. The van der Waals surface area contributed by atoms with Gasteiger partial charge in [0.05, 0.1) is 5.57 Å². The monoisotopic (exact) mass is 272 g/mol. The van der Waals surface area contributed by atoms with Crippen molar-refractivity contribution in [3.63, 3.8) is 0 Å². The van der Waals surface area contributed by atoms with Gasteiger partial charge in [0.2, 0.25) is 0 Å². The minimum absolute atomic E-state index is 0.0307. The quantitative estimate of drug-likeness (QED) is 0.524. The Morgan fingerprint density at radius 1 is 1.00 bits per heavy atom. The van der Waals surface area contributed by atoms with E-state index in [-0.39, 0.29) is 12.8 Å². The summed E-state index contributed by atoms with van der Waals surface area (Å²) < 4.78 is 0. The first kappa shape index (κ1) is 14.7. The van der Waals surface area contributed by atoms with Crippen LogP contribution in [0.5, 0.6) is 0 Å². The van der Waals surface area contributed by atoms with Crippen LogP contribution in [0.4, 0.5) is 0 Å². The number of carbonyl (C=O) groups is 4. The number of hydrogen-bond donors (Lipinski definition) is 4. The number of rotatable bonds is 4. The second-order valence-electron chi connectivity index (χ2n) is 4.32. The van der Waals surface area contributed by atoms with Gasteiger partial charge >= 0.3 is 23.9 Å². The topological polar surface area (TPSA) is 149 Å². The minimum atomic E-state index is -2.74. The molecular formula is C11H12O8. The largest absolute Gasteiger partial charge is 0.480 e. The van der Waals surface area contributed by atoms with E-state index in [1.807, 2.05) is 0 Å². The number of hydrogen-bond acceptors (Lipinski definition) is 4. The zero-order valence-electron chi connectivity index (χ0n) is 9.91. The van der Waals surface area contributed by atoms with Crippen molar-refractivity contribution in [1.82, 2.24) is 0 Å². The molecule has 8 heteroatoms. The highest BCUT2D eigenvalue weighted by Gasteiger charge is 2.60. The standard InChI is InChI=1S/C11H12O8/c1-4-2-3-5(7(12)13)6(8(14)15)11(4,9(16)17)10(18)19/h4H,2-3H2,1H3,(H,12,13)(H,14,15)(H,16,17)(H,18,19). The molecule has 0 bridgehead atoms. The molecule has 0 amide bonds. The van der Waals surface area contributed by atoms with Crippen LogP contribution in [-0.2, 0) is 19.2 Å². The van der Waals surface area contributed by atoms with Crippen molar-refractivity contribution in [3.8, 4) is 0 Å². The molecular weight excluding hydrogens is 260 g/mol. The van der Waals surface area contributed by atoms with Crippen LogP contribution < -0.4 is 0 Å². The molecule has 0 aromatic carbocycles. The van der Waals surface area contributed by atoms with Crippen molar-refractivity contribution in [2.45, 2.75) is 19.8 Å². The molecule has 4 N–H and O–H groups in total. The third kappa shape index (κ3) is 1.94. The van der Waals surface area contributed by atoms with Gasteiger partial charge < -0.3 is 20.4 Å². The highest BCUT2D eigenvalue weighted by molar-refractivity contribution is 6.14. The molecule has 1 rings (SSSR count). The first-order chi connectivity index (χ1) is 8.67. The fourth-order valence-corrected chi connectivity index (χ4v) is 2.43. The zero-order valence-corrected chi connectivity index (χ0v) is 9.91. The summed E-state index contributed by atoms with van der Waals surface area (Å²) in [6.45, 7) is 1.28. The predicted molar refractivity (Wildman–Crippen MR) is 58.4 cm³/mol. The Bertz CT molecular complexity index is 487. The lowest BCUT2D eigenvalue weighted by Crippen LogP contribution is -2.51. The Morgan fingerprint density at radius 2 is 1.47 bits per heavy atom. The molecule has 0 aliphatic heterocycles. The summed E-state index contributed by atoms with van der Waals surface area (Å²) >= 11 is 0. The molecule has 104 valence electrons. The summed E-state index contributed by atoms with van der Waals surface area (Å²) in [5.74, 6) is -8.23. The lowest BCUT2D eigenvalue weighted by atomic mass is 9.63. The second kappa shape index (κ2) is 4.71. The summed E-state index contributed by atoms with van der Waals surface area (Å²) in [5.41, 5.74) is -4.48. The highest BCUT2D eigenvalue weighted by atomic mass is 16.4. The SMILES string of the molecule is CC1CCC(C(=O)O)=C(C(=O)O)C1(C(=O)O)C(=O)O. The molecule has 0 aromatic heterocycles. The van der Waals surface area contributed by atoms with E-state index in [1.54, 1.807) is 0 Å². The average Bonchev–Trinajstić information content (AvgIpc) is 2.26. The molecule has 0 fully saturated rings. The van der Waals surface area contributed by atoms with Crippen molar-refractivity contribution in [3.05, 3.63) is 11.1 Å². The van der Waals surface area contributed by atoms with Crippen molar-refractivity contribution >= 4 is 23.9 Å². The number of carboxylic acids is 4. The molecule has 0 radical (unpaired) electrons. The molecule has 8 nitrogen and oxygen atoms in total. The summed E-state index contributed by atoms with van der Waals surface area (Å²) in [6, 6.07) is 0. The third-order valence-corrected chi connectivity index (χ3v) is 3.41. The lowest BCUT2D eigenvalue weighted by Gasteiger charge is -2.36. The zero-order chi connectivity index (χ0) is 15.0. The summed E-state index contributed by atoms with van der Waals surface area (Å²) in [4.78, 5) is 44.9. The second-order valence-corrected chi connectivity index (χ2v) is 4.32. The van der Waals surface area contributed by atoms with E-state index in [4.69, 9.17) is 10.2 Å². The maximum absolute atomic E-state index is 11.3. The molecule has 0 spiro atoms. The van der Waals surface area contributed by atoms with E-state index in [9.17, 15) is 29.4 Å². The van der Waals surface area contributed by atoms with Crippen molar-refractivity contribution < 1.29 is 39.6 Å². The van der Waals surface area contributed by atoms with E-state index in [0.29, 0.717) is 0 Å². The van der Waals surface area contributed by atoms with Crippen molar-refractivity contribution in [1.29, 1.82) is 0 Å². The maximum Gasteiger partial charge on any atom is 0.333 e. The Kier molecular flexibility index (Phi) is 3.64. The highest BCUT2D eigenvalue weighted by Crippen LogP contribution is 2.46. The molecule has 1 unspecified atom stereocenters. The van der Waals surface area contributed by atoms with E-state index in [0.717, 1.165) is 0 Å². The van der Waals surface area contributed by atoms with Gasteiger partial charge in [-0.1, -0.05) is 6.92 Å². The van der Waals surface area contributed by atoms with Crippen LogP contribution in [0.3, 0.4) is 0 Å². The fraction of sp³-hybridized carbons (Fsp3) is 0.455. The molecule has 1 atom stereocenters. The van der Waals surface area contributed by atoms with Crippen LogP contribution in [0.25, 0.3) is 0 Å². The smallest absolute Gasteiger partial charge is 0.333 e. The van der Waals surface area contributed by atoms with Gasteiger partial charge in [-0.05, 0) is 18.8 Å². The van der Waals surface area contributed by atoms with Crippen LogP contribution in [0, 0.1) is 11.3 Å². The molecule has 19 heavy (non-hydrogen) atoms. The third-order valence-electron chi connectivity index (χ3n) is 3.41. The van der Waals surface area contributed by atoms with Gasteiger partial charge in [0, 0.05) is 5.57 Å². The number of carboxylic acid groups (broad SMARTS) is 4. The summed E-state index contributed by atoms with van der Waals surface area (Å²) in [7, 11) is 0. The van der Waals surface area contributed by atoms with Gasteiger partial charge in [0.1, 0.15) is 0 Å². The normalized spacial score (nSPS) is 21.8. The Labute approximate surface area is 107 Å². The number of aliphatic carboxylic acids is 4. The van der Waals surface area contributed by atoms with E-state index in [2.05, 4.69) is 0 Å². The Hall–Kier alpha value is -2.38. The van der Waals surface area contributed by atoms with Gasteiger partial charge in [-0.2, -0.15) is 0 Å². The first-order valence-corrected chi connectivity index (χ1v) is 5.34. The van der Waals surface area contributed by atoms with Gasteiger partial charge in [0.25, 0.3) is 0 Å². The maximum atomic E-state index is 11.3. The van der Waals surface area contributed by atoms with Crippen LogP contribution in [0.15, 0.2) is 11.1 Å². The van der Waals surface area contributed by atoms with Gasteiger partial charge in [-0.15, -0.1) is 0 Å². The molecule has 0 saturated heterocycles. The molecule has 1 aliphatic carbocycles. The first-order valence-electron chi connectivity index (χ1n) is 5.34. The fourth-order valence-electron chi connectivity index (χ4n) is 2.43. The van der Waals surface area contributed by atoms with Crippen LogP contribution in [0.1, 0.15) is 19.8 Å². The minimum Gasteiger partial charge on any atom is -0.480 e. The lowest BCUT2D eigenvalue weighted by molar-refractivity contribution is -0.168. The van der Waals surface area contributed by atoms with Gasteiger partial charge in [-0.25, -0.2) is 9.59 Å². The Morgan fingerprint density at radius 3 is 1.79 bits per heavy atom. The van der Waals surface area contributed by atoms with E-state index >= 15 is 0 Å². The average molecular weight is 272 g/mol. The Balaban J connectivity index is 3.77. The molecule has 0 saturated carbocycles. The predicted octanol–water partition coefficient (Wildman–Crippen LogP) is 0.0377. The molecule has 1 aliphatic rings. The van der Waals surface area contributed by atoms with Crippen LogP contribution in [-0.4, -0.2) is 44.3 Å². The van der Waals surface area contributed by atoms with E-state index < -0.39 is 46.4 Å². The van der Waals surface area contributed by atoms with Crippen molar-refractivity contribution in [2.24, 2.45) is 11.3 Å². The summed E-state index contributed by atoms with van der Waals surface area (Å²) in [6.07, 6.45) is -0.211. The van der Waals surface area contributed by atoms with E-state index in [1.165, 1.54) is 6.92 Å². The molecule has 0 heterocycles. The van der Waals surface area contributed by atoms with Gasteiger partial charge in [0.15, 0.2) is 5.41 Å². The van der Waals surface area contributed by atoms with Crippen LogP contribution >= 0.6 is 0 Å². The van der Waals surface area contributed by atoms with Crippen LogP contribution in [0.2, 0.25) is 0 Å². The molecule has 0 aromatic rings. The van der Waals surface area contributed by atoms with Gasteiger partial charge in [-0.3, -0.25) is 9.59 Å².